The van der Waals surface area contributed by atoms with Gasteiger partial charge in [-0.05, 0) is 144 Å². The van der Waals surface area contributed by atoms with Gasteiger partial charge in [0, 0.05) is 22.2 Å². The average Bonchev–Trinajstić information content (AvgIpc) is 3.89. The Hall–Kier alpha value is -6.20. The first-order valence-electron chi connectivity index (χ1n) is 21.4. The molecule has 7 aliphatic rings. The van der Waals surface area contributed by atoms with Crippen molar-refractivity contribution < 1.29 is 8.83 Å². The van der Waals surface area contributed by atoms with Crippen LogP contribution in [0.1, 0.15) is 69.1 Å². The molecule has 15 rings (SSSR count). The highest BCUT2D eigenvalue weighted by molar-refractivity contribution is 6.21. The normalized spacial score (nSPS) is 23.9. The SMILES string of the molecule is CC1(C)c2ccccc2-c2c1ccc1oc3c(c21)N(c1ccccc1)c1cc(C24CC5CC(CC(C5)C2)C4)cc2c1N3c1oc3ccccc3c1N2c1ccccc1. The van der Waals surface area contributed by atoms with Crippen molar-refractivity contribution in [2.45, 2.75) is 63.2 Å². The summed E-state index contributed by atoms with van der Waals surface area (Å²) < 4.78 is 14.4. The molecule has 5 aliphatic carbocycles. The molecule has 4 saturated carbocycles. The molecule has 4 heterocycles. The van der Waals surface area contributed by atoms with E-state index in [1.54, 1.807) is 0 Å². The van der Waals surface area contributed by atoms with Crippen molar-refractivity contribution >= 4 is 73.5 Å². The van der Waals surface area contributed by atoms with Crippen molar-refractivity contribution in [3.8, 4) is 11.1 Å². The number of nitrogens with zero attached hydrogens (tertiary/aromatic N) is 3. The Kier molecular flexibility index (Phi) is 5.95. The van der Waals surface area contributed by atoms with E-state index >= 15 is 0 Å². The van der Waals surface area contributed by atoms with Crippen LogP contribution in [0, 0.1) is 17.8 Å². The van der Waals surface area contributed by atoms with Crippen LogP contribution in [0.3, 0.4) is 0 Å². The third kappa shape index (κ3) is 3.93. The van der Waals surface area contributed by atoms with Gasteiger partial charge in [-0.2, -0.15) is 0 Å². The molecule has 0 radical (unpaired) electrons. The second-order valence-corrected chi connectivity index (χ2v) is 18.8. The molecule has 58 heavy (non-hydrogen) atoms. The number of hydrogen-bond acceptors (Lipinski definition) is 5. The Labute approximate surface area is 338 Å². The topological polar surface area (TPSA) is 36.0 Å². The molecule has 5 nitrogen and oxygen atoms in total. The average molecular weight is 754 g/mol. The maximum Gasteiger partial charge on any atom is 0.232 e. The third-order valence-corrected chi connectivity index (χ3v) is 15.2. The van der Waals surface area contributed by atoms with Gasteiger partial charge >= 0.3 is 0 Å². The van der Waals surface area contributed by atoms with Crippen molar-refractivity contribution in [3.63, 3.8) is 0 Å². The fourth-order valence-corrected chi connectivity index (χ4v) is 13.3. The van der Waals surface area contributed by atoms with Crippen molar-refractivity contribution in [2.75, 3.05) is 14.7 Å². The summed E-state index contributed by atoms with van der Waals surface area (Å²) in [6.45, 7) is 4.74. The smallest absolute Gasteiger partial charge is 0.232 e. The summed E-state index contributed by atoms with van der Waals surface area (Å²) in [4.78, 5) is 7.38. The van der Waals surface area contributed by atoms with Crippen LogP contribution < -0.4 is 14.7 Å². The van der Waals surface area contributed by atoms with Crippen molar-refractivity contribution in [3.05, 3.63) is 150 Å². The lowest BCUT2D eigenvalue weighted by atomic mass is 9.48. The van der Waals surface area contributed by atoms with Crippen LogP contribution in [0.15, 0.2) is 142 Å². The van der Waals surface area contributed by atoms with Gasteiger partial charge in [0.1, 0.15) is 28.2 Å². The highest BCUT2D eigenvalue weighted by atomic mass is 16.4. The van der Waals surface area contributed by atoms with Crippen LogP contribution in [0.5, 0.6) is 0 Å². The molecule has 6 aromatic carbocycles. The summed E-state index contributed by atoms with van der Waals surface area (Å²) in [5, 5.41) is 2.25. The van der Waals surface area contributed by atoms with E-state index in [-0.39, 0.29) is 10.8 Å². The Bertz CT molecular complexity index is 3010. The zero-order valence-electron chi connectivity index (χ0n) is 32.8. The van der Waals surface area contributed by atoms with E-state index in [0.29, 0.717) is 0 Å². The molecule has 4 bridgehead atoms. The summed E-state index contributed by atoms with van der Waals surface area (Å²) >= 11 is 0. The fraction of sp³-hybridized carbons (Fsp3) is 0.245. The monoisotopic (exact) mass is 753 g/mol. The maximum atomic E-state index is 7.33. The third-order valence-electron chi connectivity index (χ3n) is 15.2. The zero-order chi connectivity index (χ0) is 38.1. The van der Waals surface area contributed by atoms with Crippen LogP contribution in [0.4, 0.5) is 51.6 Å². The van der Waals surface area contributed by atoms with Gasteiger partial charge in [0.2, 0.25) is 11.8 Å². The Balaban J connectivity index is 1.15. The van der Waals surface area contributed by atoms with Crippen LogP contribution in [0.2, 0.25) is 0 Å². The first kappa shape index (κ1) is 31.8. The number of hydrogen-bond donors (Lipinski definition) is 0. The highest BCUT2D eigenvalue weighted by Crippen LogP contribution is 2.70. The van der Waals surface area contributed by atoms with E-state index in [9.17, 15) is 0 Å². The van der Waals surface area contributed by atoms with Gasteiger partial charge in [-0.3, -0.25) is 0 Å². The number of furan rings is 2. The minimum atomic E-state index is -0.152. The van der Waals surface area contributed by atoms with Gasteiger partial charge in [0.15, 0.2) is 0 Å². The molecule has 5 heteroatoms. The Morgan fingerprint density at radius 3 is 1.78 bits per heavy atom. The predicted molar refractivity (Wildman–Crippen MR) is 235 cm³/mol. The highest BCUT2D eigenvalue weighted by Gasteiger charge is 2.54. The Morgan fingerprint density at radius 2 is 1.09 bits per heavy atom. The first-order chi connectivity index (χ1) is 28.4. The quantitative estimate of drug-likeness (QED) is 0.180. The van der Waals surface area contributed by atoms with E-state index in [1.807, 2.05) is 0 Å². The van der Waals surface area contributed by atoms with Crippen LogP contribution >= 0.6 is 0 Å². The van der Waals surface area contributed by atoms with Gasteiger partial charge in [0.05, 0.1) is 16.8 Å². The molecule has 0 unspecified atom stereocenters. The van der Waals surface area contributed by atoms with Crippen LogP contribution in [0.25, 0.3) is 33.1 Å². The summed E-state index contributed by atoms with van der Waals surface area (Å²) in [5.41, 5.74) is 16.3. The number of anilines is 9. The summed E-state index contributed by atoms with van der Waals surface area (Å²) in [5.74, 6) is 4.05. The van der Waals surface area contributed by atoms with Crippen molar-refractivity contribution in [2.24, 2.45) is 17.8 Å². The molecule has 0 atom stereocenters. The van der Waals surface area contributed by atoms with Gasteiger partial charge in [-0.1, -0.05) is 92.7 Å². The van der Waals surface area contributed by atoms with Crippen molar-refractivity contribution in [1.82, 2.24) is 0 Å². The van der Waals surface area contributed by atoms with E-state index in [1.165, 1.54) is 77.7 Å². The summed E-state index contributed by atoms with van der Waals surface area (Å²) in [6.07, 6.45) is 8.10. The molecule has 2 aliphatic heterocycles. The molecular weight excluding hydrogens is 711 g/mol. The Morgan fingerprint density at radius 1 is 0.517 bits per heavy atom. The van der Waals surface area contributed by atoms with Gasteiger partial charge in [0.25, 0.3) is 0 Å². The van der Waals surface area contributed by atoms with Crippen LogP contribution in [-0.4, -0.2) is 0 Å². The van der Waals surface area contributed by atoms with Gasteiger partial charge < -0.3 is 18.6 Å². The lowest BCUT2D eigenvalue weighted by Gasteiger charge is -2.57. The molecule has 0 saturated heterocycles. The summed E-state index contributed by atoms with van der Waals surface area (Å²) in [7, 11) is 0. The standard InChI is InChI=1S/C53H43N3O2/c1-52(2)39-19-11-9-17-37(39)45-40(52)21-22-44-46(45)49-51(58-44)56-48-41(54(35-13-5-3-6-14-35)47-38-18-10-12-20-43(38)57-50(47)56)26-34(27-42(48)55(49)36-15-7-4-8-16-36)53-28-31-23-32(29-53)25-33(24-31)30-53/h3-22,26-27,31-33H,23-25,28-30H2,1-2H3. The number of para-hydroxylation sites is 3. The van der Waals surface area contributed by atoms with Gasteiger partial charge in [-0.25, -0.2) is 4.90 Å². The first-order valence-corrected chi connectivity index (χ1v) is 21.4. The minimum Gasteiger partial charge on any atom is -0.437 e. The largest absolute Gasteiger partial charge is 0.437 e. The molecule has 8 aromatic rings. The zero-order valence-corrected chi connectivity index (χ0v) is 32.8. The number of benzene rings is 6. The van der Waals surface area contributed by atoms with E-state index in [0.717, 1.165) is 79.9 Å². The summed E-state index contributed by atoms with van der Waals surface area (Å²) in [6, 6.07) is 49.2. The molecular formula is C53H43N3O2. The molecule has 0 amide bonds. The second-order valence-electron chi connectivity index (χ2n) is 18.8. The maximum absolute atomic E-state index is 7.33. The molecule has 0 N–H and O–H groups in total. The fourth-order valence-electron chi connectivity index (χ4n) is 13.3. The van der Waals surface area contributed by atoms with Crippen molar-refractivity contribution in [1.29, 1.82) is 0 Å². The minimum absolute atomic E-state index is 0.152. The van der Waals surface area contributed by atoms with Crippen LogP contribution in [-0.2, 0) is 10.8 Å². The lowest BCUT2D eigenvalue weighted by molar-refractivity contribution is -0.00514. The predicted octanol–water partition coefficient (Wildman–Crippen LogP) is 15.0. The molecule has 2 aromatic heterocycles. The van der Waals surface area contributed by atoms with E-state index in [2.05, 4.69) is 162 Å². The molecule has 0 spiro atoms. The molecule has 4 fully saturated rings. The lowest BCUT2D eigenvalue weighted by Crippen LogP contribution is -2.48. The van der Waals surface area contributed by atoms with E-state index < -0.39 is 0 Å². The van der Waals surface area contributed by atoms with E-state index in [4.69, 9.17) is 8.83 Å². The number of rotatable bonds is 3. The van der Waals surface area contributed by atoms with Gasteiger partial charge in [-0.15, -0.1) is 0 Å². The molecule has 282 valence electrons. The second kappa shape index (κ2) is 10.8. The number of fused-ring (bicyclic) bond motifs is 12.